The third-order valence-corrected chi connectivity index (χ3v) is 4.63. The van der Waals surface area contributed by atoms with Crippen molar-refractivity contribution in [3.05, 3.63) is 58.3 Å². The lowest BCUT2D eigenvalue weighted by atomic mass is 10.1. The van der Waals surface area contributed by atoms with Crippen LogP contribution < -0.4 is 10.1 Å². The molecule has 8 heteroatoms. The van der Waals surface area contributed by atoms with Gasteiger partial charge in [0.25, 0.3) is 5.91 Å². The summed E-state index contributed by atoms with van der Waals surface area (Å²) in [5.74, 6) is 0.447. The molecule has 1 N–H and O–H groups in total. The van der Waals surface area contributed by atoms with Crippen LogP contribution in [0.3, 0.4) is 0 Å². The van der Waals surface area contributed by atoms with Crippen molar-refractivity contribution in [3.63, 3.8) is 0 Å². The largest absolute Gasteiger partial charge is 0.484 e. The van der Waals surface area contributed by atoms with E-state index in [0.717, 1.165) is 12.1 Å². The van der Waals surface area contributed by atoms with Gasteiger partial charge >= 0.3 is 0 Å². The number of hydrogen-bond acceptors (Lipinski definition) is 4. The van der Waals surface area contributed by atoms with Gasteiger partial charge in [0, 0.05) is 38.1 Å². The van der Waals surface area contributed by atoms with E-state index in [2.05, 4.69) is 10.3 Å². The van der Waals surface area contributed by atoms with Crippen molar-refractivity contribution in [3.8, 4) is 5.75 Å². The summed E-state index contributed by atoms with van der Waals surface area (Å²) in [5.41, 5.74) is 1.01. The molecule has 25 heavy (non-hydrogen) atoms. The molecule has 1 aliphatic heterocycles. The lowest BCUT2D eigenvalue weighted by molar-refractivity contribution is -0.136. The highest BCUT2D eigenvalue weighted by Gasteiger charge is 2.28. The molecule has 1 fully saturated rings. The Morgan fingerprint density at radius 3 is 2.88 bits per heavy atom. The zero-order chi connectivity index (χ0) is 16.9. The highest BCUT2D eigenvalue weighted by Crippen LogP contribution is 2.27. The minimum Gasteiger partial charge on any atom is -0.484 e. The van der Waals surface area contributed by atoms with Gasteiger partial charge in [0.05, 0.1) is 16.1 Å². The molecule has 1 saturated heterocycles. The molecular formula is C17H18Cl3N3O2. The fourth-order valence-corrected chi connectivity index (χ4v) is 2.96. The van der Waals surface area contributed by atoms with Crippen LogP contribution in [0.4, 0.5) is 0 Å². The number of carbonyl (C=O) groups excluding carboxylic acids is 1. The van der Waals surface area contributed by atoms with E-state index in [1.165, 1.54) is 0 Å². The SMILES string of the molecule is Cl.O=C(COc1ccc(Cl)c(Cl)c1)N1CCNCC1c1cccnc1. The van der Waals surface area contributed by atoms with Crippen LogP contribution >= 0.6 is 35.6 Å². The van der Waals surface area contributed by atoms with Crippen LogP contribution in [-0.2, 0) is 4.79 Å². The summed E-state index contributed by atoms with van der Waals surface area (Å²) >= 11 is 11.8. The smallest absolute Gasteiger partial charge is 0.261 e. The number of amides is 1. The molecule has 1 aliphatic rings. The molecule has 0 spiro atoms. The topological polar surface area (TPSA) is 54.5 Å². The maximum atomic E-state index is 12.6. The van der Waals surface area contributed by atoms with E-state index in [1.54, 1.807) is 30.6 Å². The number of ether oxygens (including phenoxy) is 1. The van der Waals surface area contributed by atoms with Gasteiger partial charge < -0.3 is 15.0 Å². The molecule has 2 aromatic rings. The number of pyridine rings is 1. The Bertz CT molecular complexity index is 716. The summed E-state index contributed by atoms with van der Waals surface area (Å²) in [6.45, 7) is 2.04. The molecule has 134 valence electrons. The lowest BCUT2D eigenvalue weighted by Gasteiger charge is -2.36. The van der Waals surface area contributed by atoms with Gasteiger partial charge in [0.2, 0.25) is 0 Å². The summed E-state index contributed by atoms with van der Waals surface area (Å²) in [5, 5.41) is 4.16. The third kappa shape index (κ3) is 4.98. The van der Waals surface area contributed by atoms with Crippen molar-refractivity contribution in [1.82, 2.24) is 15.2 Å². The number of nitrogens with zero attached hydrogens (tertiary/aromatic N) is 2. The highest BCUT2D eigenvalue weighted by atomic mass is 35.5. The minimum atomic E-state index is -0.0728. The van der Waals surface area contributed by atoms with Crippen LogP contribution in [0, 0.1) is 0 Å². The van der Waals surface area contributed by atoms with Crippen LogP contribution in [0.25, 0.3) is 0 Å². The molecule has 0 radical (unpaired) electrons. The average molecular weight is 403 g/mol. The summed E-state index contributed by atoms with van der Waals surface area (Å²) < 4.78 is 5.57. The van der Waals surface area contributed by atoms with Gasteiger partial charge in [-0.15, -0.1) is 12.4 Å². The second-order valence-electron chi connectivity index (χ2n) is 5.46. The zero-order valence-corrected chi connectivity index (χ0v) is 15.7. The fourth-order valence-electron chi connectivity index (χ4n) is 2.67. The van der Waals surface area contributed by atoms with Gasteiger partial charge in [-0.05, 0) is 23.8 Å². The molecule has 0 bridgehead atoms. The van der Waals surface area contributed by atoms with Crippen LogP contribution in [0.5, 0.6) is 5.75 Å². The molecular weight excluding hydrogens is 385 g/mol. The van der Waals surface area contributed by atoms with E-state index < -0.39 is 0 Å². The Kier molecular flexibility index (Phi) is 7.32. The third-order valence-electron chi connectivity index (χ3n) is 3.89. The molecule has 0 saturated carbocycles. The van der Waals surface area contributed by atoms with Crippen molar-refractivity contribution >= 4 is 41.5 Å². The zero-order valence-electron chi connectivity index (χ0n) is 13.3. The van der Waals surface area contributed by atoms with E-state index in [0.29, 0.717) is 28.9 Å². The molecule has 1 amide bonds. The summed E-state index contributed by atoms with van der Waals surface area (Å²) in [6.07, 6.45) is 3.51. The number of nitrogens with one attached hydrogen (secondary N) is 1. The Labute approximate surface area is 162 Å². The van der Waals surface area contributed by atoms with E-state index in [9.17, 15) is 4.79 Å². The number of hydrogen-bond donors (Lipinski definition) is 1. The van der Waals surface area contributed by atoms with Crippen molar-refractivity contribution in [1.29, 1.82) is 0 Å². The molecule has 5 nitrogen and oxygen atoms in total. The van der Waals surface area contributed by atoms with Gasteiger partial charge in [0.1, 0.15) is 5.75 Å². The van der Waals surface area contributed by atoms with Gasteiger partial charge in [-0.1, -0.05) is 29.3 Å². The standard InChI is InChI=1S/C17H17Cl2N3O2.ClH/c18-14-4-3-13(8-15(14)19)24-11-17(23)22-7-6-21-10-16(22)12-2-1-5-20-9-12;/h1-5,8-9,16,21H,6-7,10-11H2;1H. The van der Waals surface area contributed by atoms with E-state index in [1.807, 2.05) is 17.0 Å². The number of piperazine rings is 1. The first-order chi connectivity index (χ1) is 11.6. The van der Waals surface area contributed by atoms with Crippen molar-refractivity contribution < 1.29 is 9.53 Å². The Hall–Kier alpha value is -1.53. The van der Waals surface area contributed by atoms with Crippen LogP contribution in [0.15, 0.2) is 42.7 Å². The Balaban J connectivity index is 0.00000225. The number of aromatic nitrogens is 1. The fraction of sp³-hybridized carbons (Fsp3) is 0.294. The molecule has 1 atom stereocenters. The van der Waals surface area contributed by atoms with Gasteiger partial charge in [-0.25, -0.2) is 0 Å². The van der Waals surface area contributed by atoms with Crippen LogP contribution in [0.2, 0.25) is 10.0 Å². The first-order valence-electron chi connectivity index (χ1n) is 7.63. The first kappa shape index (κ1) is 19.8. The van der Waals surface area contributed by atoms with E-state index in [4.69, 9.17) is 27.9 Å². The minimum absolute atomic E-state index is 0. The maximum absolute atomic E-state index is 12.6. The molecule has 3 rings (SSSR count). The highest BCUT2D eigenvalue weighted by molar-refractivity contribution is 6.42. The van der Waals surface area contributed by atoms with E-state index in [-0.39, 0.29) is 31.0 Å². The summed E-state index contributed by atoms with van der Waals surface area (Å²) in [4.78, 5) is 18.6. The van der Waals surface area contributed by atoms with Gasteiger partial charge in [-0.3, -0.25) is 9.78 Å². The van der Waals surface area contributed by atoms with Crippen molar-refractivity contribution in [2.24, 2.45) is 0 Å². The normalized spacial score (nSPS) is 16.9. The summed E-state index contributed by atoms with van der Waals surface area (Å²) in [7, 11) is 0. The Morgan fingerprint density at radius 2 is 2.16 bits per heavy atom. The maximum Gasteiger partial charge on any atom is 0.261 e. The van der Waals surface area contributed by atoms with Gasteiger partial charge in [0.15, 0.2) is 6.61 Å². The molecule has 2 heterocycles. The predicted octanol–water partition coefficient (Wildman–Crippen LogP) is 3.36. The van der Waals surface area contributed by atoms with Crippen molar-refractivity contribution in [2.45, 2.75) is 6.04 Å². The van der Waals surface area contributed by atoms with E-state index >= 15 is 0 Å². The number of halogens is 3. The quantitative estimate of drug-likeness (QED) is 0.852. The van der Waals surface area contributed by atoms with Gasteiger partial charge in [-0.2, -0.15) is 0 Å². The average Bonchev–Trinajstić information content (AvgIpc) is 2.63. The lowest BCUT2D eigenvalue weighted by Crippen LogP contribution is -2.50. The number of rotatable bonds is 4. The van der Waals surface area contributed by atoms with Crippen molar-refractivity contribution in [2.75, 3.05) is 26.2 Å². The second-order valence-corrected chi connectivity index (χ2v) is 6.27. The monoisotopic (exact) mass is 401 g/mol. The second kappa shape index (κ2) is 9.25. The van der Waals surface area contributed by atoms with Crippen LogP contribution in [-0.4, -0.2) is 42.0 Å². The molecule has 1 aromatic heterocycles. The molecule has 0 aliphatic carbocycles. The number of carbonyl (C=O) groups is 1. The molecule has 1 aromatic carbocycles. The summed E-state index contributed by atoms with van der Waals surface area (Å²) in [6, 6.07) is 8.75. The molecule has 1 unspecified atom stereocenters. The first-order valence-corrected chi connectivity index (χ1v) is 8.38. The Morgan fingerprint density at radius 1 is 1.32 bits per heavy atom. The number of benzene rings is 1. The van der Waals surface area contributed by atoms with Crippen LogP contribution in [0.1, 0.15) is 11.6 Å². The predicted molar refractivity (Wildman–Crippen MR) is 101 cm³/mol.